The molecule has 80 valence electrons. The number of hydrogen-bond acceptors (Lipinski definition) is 2. The minimum Gasteiger partial charge on any atom is -0.457 e. The van der Waals surface area contributed by atoms with E-state index in [4.69, 9.17) is 9.47 Å². The van der Waals surface area contributed by atoms with E-state index in [9.17, 15) is 4.39 Å². The number of halogens is 1. The summed E-state index contributed by atoms with van der Waals surface area (Å²) in [5, 5.41) is 0. The number of benzene rings is 2. The zero-order valence-electron chi connectivity index (χ0n) is 8.44. The van der Waals surface area contributed by atoms with Crippen LogP contribution < -0.4 is 9.47 Å². The molecule has 1 heterocycles. The summed E-state index contributed by atoms with van der Waals surface area (Å²) in [7, 11) is 0. The maximum absolute atomic E-state index is 13.2. The van der Waals surface area contributed by atoms with E-state index in [2.05, 4.69) is 0 Å². The van der Waals surface area contributed by atoms with E-state index < -0.39 is 0 Å². The Bertz CT molecular complexity index is 537. The van der Waals surface area contributed by atoms with Crippen molar-refractivity contribution in [2.75, 3.05) is 6.79 Å². The van der Waals surface area contributed by atoms with Crippen LogP contribution in [0.25, 0.3) is 11.1 Å². The van der Waals surface area contributed by atoms with Gasteiger partial charge in [0, 0.05) is 11.1 Å². The van der Waals surface area contributed by atoms with Crippen molar-refractivity contribution < 1.29 is 13.9 Å². The van der Waals surface area contributed by atoms with Gasteiger partial charge in [0.25, 0.3) is 0 Å². The van der Waals surface area contributed by atoms with Crippen LogP contribution in [0, 0.1) is 5.82 Å². The van der Waals surface area contributed by atoms with E-state index in [1.54, 1.807) is 6.07 Å². The van der Waals surface area contributed by atoms with Crippen LogP contribution in [0.1, 0.15) is 0 Å². The van der Waals surface area contributed by atoms with E-state index >= 15 is 0 Å². The molecule has 0 aliphatic carbocycles. The van der Waals surface area contributed by atoms with E-state index in [0.29, 0.717) is 11.5 Å². The van der Waals surface area contributed by atoms with Crippen molar-refractivity contribution in [1.82, 2.24) is 0 Å². The fourth-order valence-corrected chi connectivity index (χ4v) is 1.81. The lowest BCUT2D eigenvalue weighted by atomic mass is 10.0. The molecule has 0 atom stereocenters. The van der Waals surface area contributed by atoms with Crippen LogP contribution in [0.3, 0.4) is 0 Å². The standard InChI is InChI=1S/C13H9FO2/c14-9-5-6-13-11(7-9)10-3-1-2-4-12(10)15-8-16-13/h1-7H,8H2. The number of para-hydroxylation sites is 1. The maximum Gasteiger partial charge on any atom is 0.230 e. The molecule has 2 nitrogen and oxygen atoms in total. The molecule has 0 bridgehead atoms. The van der Waals surface area contributed by atoms with Gasteiger partial charge in [0.2, 0.25) is 6.79 Å². The largest absolute Gasteiger partial charge is 0.457 e. The van der Waals surface area contributed by atoms with Crippen molar-refractivity contribution in [2.24, 2.45) is 0 Å². The molecule has 0 spiro atoms. The molecule has 0 saturated heterocycles. The average molecular weight is 216 g/mol. The van der Waals surface area contributed by atoms with E-state index in [0.717, 1.165) is 11.1 Å². The molecule has 3 heteroatoms. The summed E-state index contributed by atoms with van der Waals surface area (Å²) in [6.45, 7) is 0.148. The molecule has 2 aromatic carbocycles. The highest BCUT2D eigenvalue weighted by atomic mass is 19.1. The topological polar surface area (TPSA) is 18.5 Å². The van der Waals surface area contributed by atoms with Crippen LogP contribution in [-0.4, -0.2) is 6.79 Å². The third-order valence-electron chi connectivity index (χ3n) is 2.55. The molecular formula is C13H9FO2. The Hall–Kier alpha value is -2.03. The highest BCUT2D eigenvalue weighted by molar-refractivity contribution is 5.76. The Morgan fingerprint density at radius 1 is 0.875 bits per heavy atom. The van der Waals surface area contributed by atoms with Crippen LogP contribution in [0.5, 0.6) is 11.5 Å². The number of fused-ring (bicyclic) bond motifs is 3. The van der Waals surface area contributed by atoms with Gasteiger partial charge in [-0.15, -0.1) is 0 Å². The zero-order valence-corrected chi connectivity index (χ0v) is 8.44. The second kappa shape index (κ2) is 3.52. The summed E-state index contributed by atoms with van der Waals surface area (Å²) in [6, 6.07) is 12.0. The van der Waals surface area contributed by atoms with Crippen molar-refractivity contribution in [3.63, 3.8) is 0 Å². The number of rotatable bonds is 0. The molecular weight excluding hydrogens is 207 g/mol. The lowest BCUT2D eigenvalue weighted by Crippen LogP contribution is -2.03. The van der Waals surface area contributed by atoms with E-state index in [-0.39, 0.29) is 12.6 Å². The van der Waals surface area contributed by atoms with Gasteiger partial charge in [-0.3, -0.25) is 0 Å². The van der Waals surface area contributed by atoms with Gasteiger partial charge in [-0.05, 0) is 24.3 Å². The monoisotopic (exact) mass is 216 g/mol. The summed E-state index contributed by atoms with van der Waals surface area (Å²) in [4.78, 5) is 0. The predicted molar refractivity (Wildman–Crippen MR) is 58.0 cm³/mol. The molecule has 0 saturated carbocycles. The Kier molecular flexibility index (Phi) is 2.03. The Morgan fingerprint density at radius 2 is 1.62 bits per heavy atom. The van der Waals surface area contributed by atoms with Crippen molar-refractivity contribution in [3.8, 4) is 22.6 Å². The molecule has 16 heavy (non-hydrogen) atoms. The summed E-state index contributed by atoms with van der Waals surface area (Å²) in [6.07, 6.45) is 0. The fourth-order valence-electron chi connectivity index (χ4n) is 1.81. The van der Waals surface area contributed by atoms with Gasteiger partial charge in [-0.1, -0.05) is 18.2 Å². The molecule has 0 amide bonds. The smallest absolute Gasteiger partial charge is 0.230 e. The van der Waals surface area contributed by atoms with E-state index in [1.807, 2.05) is 24.3 Å². The Labute approximate surface area is 92.2 Å². The highest BCUT2D eigenvalue weighted by Gasteiger charge is 2.16. The predicted octanol–water partition coefficient (Wildman–Crippen LogP) is 3.22. The lowest BCUT2D eigenvalue weighted by molar-refractivity contribution is 0.124. The molecule has 0 radical (unpaired) electrons. The normalized spacial score (nSPS) is 12.8. The first-order chi connectivity index (χ1) is 7.84. The van der Waals surface area contributed by atoms with Crippen LogP contribution >= 0.6 is 0 Å². The van der Waals surface area contributed by atoms with Crippen molar-refractivity contribution >= 4 is 0 Å². The third-order valence-corrected chi connectivity index (χ3v) is 2.55. The first-order valence-corrected chi connectivity index (χ1v) is 4.99. The van der Waals surface area contributed by atoms with Crippen molar-refractivity contribution in [2.45, 2.75) is 0 Å². The molecule has 0 unspecified atom stereocenters. The minimum absolute atomic E-state index is 0.148. The minimum atomic E-state index is -0.279. The second-order valence-corrected chi connectivity index (χ2v) is 3.54. The summed E-state index contributed by atoms with van der Waals surface area (Å²) >= 11 is 0. The molecule has 0 N–H and O–H groups in total. The fraction of sp³-hybridized carbons (Fsp3) is 0.0769. The van der Waals surface area contributed by atoms with Gasteiger partial charge in [0.15, 0.2) is 0 Å². The van der Waals surface area contributed by atoms with Crippen LogP contribution in [-0.2, 0) is 0 Å². The third kappa shape index (κ3) is 1.41. The average Bonchev–Trinajstić information content (AvgIpc) is 2.48. The molecule has 1 aliphatic heterocycles. The molecule has 2 aromatic rings. The quantitative estimate of drug-likeness (QED) is 0.673. The van der Waals surface area contributed by atoms with Gasteiger partial charge >= 0.3 is 0 Å². The molecule has 1 aliphatic rings. The zero-order chi connectivity index (χ0) is 11.0. The van der Waals surface area contributed by atoms with Crippen LogP contribution in [0.15, 0.2) is 42.5 Å². The lowest BCUT2D eigenvalue weighted by Gasteiger charge is -2.05. The summed E-state index contributed by atoms with van der Waals surface area (Å²) in [5.74, 6) is 1.08. The second-order valence-electron chi connectivity index (χ2n) is 3.54. The Balaban J connectivity index is 2.28. The molecule has 3 rings (SSSR count). The van der Waals surface area contributed by atoms with Gasteiger partial charge in [-0.25, -0.2) is 4.39 Å². The maximum atomic E-state index is 13.2. The van der Waals surface area contributed by atoms with Gasteiger partial charge in [-0.2, -0.15) is 0 Å². The number of ether oxygens (including phenoxy) is 2. The van der Waals surface area contributed by atoms with Crippen LogP contribution in [0.2, 0.25) is 0 Å². The number of hydrogen-bond donors (Lipinski definition) is 0. The van der Waals surface area contributed by atoms with Crippen molar-refractivity contribution in [3.05, 3.63) is 48.3 Å². The van der Waals surface area contributed by atoms with Gasteiger partial charge in [0.05, 0.1) is 0 Å². The summed E-state index contributed by atoms with van der Waals surface area (Å²) < 4.78 is 24.0. The summed E-state index contributed by atoms with van der Waals surface area (Å²) in [5.41, 5.74) is 1.59. The van der Waals surface area contributed by atoms with Crippen LogP contribution in [0.4, 0.5) is 4.39 Å². The van der Waals surface area contributed by atoms with Gasteiger partial charge in [0.1, 0.15) is 17.3 Å². The van der Waals surface area contributed by atoms with E-state index in [1.165, 1.54) is 12.1 Å². The van der Waals surface area contributed by atoms with Gasteiger partial charge < -0.3 is 9.47 Å². The first-order valence-electron chi connectivity index (χ1n) is 4.99. The Morgan fingerprint density at radius 3 is 2.50 bits per heavy atom. The highest BCUT2D eigenvalue weighted by Crippen LogP contribution is 2.38. The SMILES string of the molecule is Fc1ccc2c(c1)-c1ccccc1OCO2. The van der Waals surface area contributed by atoms with Crippen molar-refractivity contribution in [1.29, 1.82) is 0 Å². The molecule has 0 fully saturated rings. The molecule has 0 aromatic heterocycles. The first kappa shape index (κ1) is 9.21.